The van der Waals surface area contributed by atoms with E-state index in [1.54, 1.807) is 7.11 Å². The van der Waals surface area contributed by atoms with Crippen LogP contribution < -0.4 is 10.5 Å². The molecule has 106 valence electrons. The maximum atomic E-state index is 6.51. The molecule has 1 heterocycles. The minimum Gasteiger partial charge on any atom is -0.496 e. The second-order valence-corrected chi connectivity index (χ2v) is 5.88. The van der Waals surface area contributed by atoms with E-state index in [0.717, 1.165) is 38.2 Å². The molecule has 2 N–H and O–H groups in total. The van der Waals surface area contributed by atoms with Gasteiger partial charge in [0.05, 0.1) is 7.11 Å². The van der Waals surface area contributed by atoms with Gasteiger partial charge in [-0.3, -0.25) is 0 Å². The third-order valence-electron chi connectivity index (χ3n) is 4.00. The summed E-state index contributed by atoms with van der Waals surface area (Å²) in [7, 11) is 1.72. The van der Waals surface area contributed by atoms with Crippen LogP contribution in [0.5, 0.6) is 5.75 Å². The van der Waals surface area contributed by atoms with Gasteiger partial charge in [-0.1, -0.05) is 26.0 Å². The van der Waals surface area contributed by atoms with Crippen molar-refractivity contribution in [2.24, 2.45) is 5.73 Å². The maximum absolute atomic E-state index is 6.51. The van der Waals surface area contributed by atoms with Crippen molar-refractivity contribution in [1.82, 2.24) is 0 Å². The van der Waals surface area contributed by atoms with Crippen LogP contribution in [0.15, 0.2) is 18.2 Å². The Hall–Kier alpha value is -1.06. The molecule has 3 nitrogen and oxygen atoms in total. The second kappa shape index (κ2) is 5.93. The number of ether oxygens (including phenoxy) is 2. The average molecular weight is 263 g/mol. The topological polar surface area (TPSA) is 44.5 Å². The largest absolute Gasteiger partial charge is 0.496 e. The molecule has 19 heavy (non-hydrogen) atoms. The fraction of sp³-hybridized carbons (Fsp3) is 0.625. The van der Waals surface area contributed by atoms with Crippen molar-refractivity contribution in [3.05, 3.63) is 29.3 Å². The first-order chi connectivity index (χ1) is 9.04. The van der Waals surface area contributed by atoms with Gasteiger partial charge >= 0.3 is 0 Å². The Morgan fingerprint density at radius 3 is 2.58 bits per heavy atom. The average Bonchev–Trinajstić information content (AvgIpc) is 2.39. The summed E-state index contributed by atoms with van der Waals surface area (Å²) in [5.41, 5.74) is 8.91. The SMILES string of the molecule is COc1ccc(C(C)C)cc1CC1(N)CCOCC1. The van der Waals surface area contributed by atoms with Crippen molar-refractivity contribution in [2.75, 3.05) is 20.3 Å². The lowest BCUT2D eigenvalue weighted by Gasteiger charge is -2.34. The summed E-state index contributed by atoms with van der Waals surface area (Å²) in [5.74, 6) is 1.47. The van der Waals surface area contributed by atoms with E-state index < -0.39 is 0 Å². The van der Waals surface area contributed by atoms with Crippen LogP contribution in [0.1, 0.15) is 43.7 Å². The number of hydrogen-bond donors (Lipinski definition) is 1. The molecule has 1 aromatic carbocycles. The molecular formula is C16H25NO2. The van der Waals surface area contributed by atoms with Crippen LogP contribution in [-0.2, 0) is 11.2 Å². The zero-order chi connectivity index (χ0) is 13.9. The van der Waals surface area contributed by atoms with Gasteiger partial charge in [0.25, 0.3) is 0 Å². The predicted molar refractivity (Wildman–Crippen MR) is 77.8 cm³/mol. The van der Waals surface area contributed by atoms with Crippen LogP contribution in [0.2, 0.25) is 0 Å². The second-order valence-electron chi connectivity index (χ2n) is 5.88. The third kappa shape index (κ3) is 3.48. The molecule has 3 heteroatoms. The van der Waals surface area contributed by atoms with Crippen molar-refractivity contribution < 1.29 is 9.47 Å². The van der Waals surface area contributed by atoms with Gasteiger partial charge in [0, 0.05) is 18.8 Å². The lowest BCUT2D eigenvalue weighted by molar-refractivity contribution is 0.0531. The molecule has 0 radical (unpaired) electrons. The maximum Gasteiger partial charge on any atom is 0.122 e. The van der Waals surface area contributed by atoms with Crippen LogP contribution >= 0.6 is 0 Å². The molecule has 0 amide bonds. The summed E-state index contributed by atoms with van der Waals surface area (Å²) in [6.07, 6.45) is 2.70. The van der Waals surface area contributed by atoms with Gasteiger partial charge in [0.2, 0.25) is 0 Å². The summed E-state index contributed by atoms with van der Waals surface area (Å²) in [6, 6.07) is 6.45. The van der Waals surface area contributed by atoms with Crippen LogP contribution in [0.25, 0.3) is 0 Å². The Morgan fingerprint density at radius 1 is 1.32 bits per heavy atom. The summed E-state index contributed by atoms with van der Waals surface area (Å²) >= 11 is 0. The molecule has 1 aliphatic rings. The standard InChI is InChI=1S/C16H25NO2/c1-12(2)13-4-5-15(18-3)14(10-13)11-16(17)6-8-19-9-7-16/h4-5,10,12H,6-9,11,17H2,1-3H3. The summed E-state index contributed by atoms with van der Waals surface area (Å²) in [5, 5.41) is 0. The fourth-order valence-corrected chi connectivity index (χ4v) is 2.63. The van der Waals surface area contributed by atoms with E-state index >= 15 is 0 Å². The Balaban J connectivity index is 2.23. The fourth-order valence-electron chi connectivity index (χ4n) is 2.63. The smallest absolute Gasteiger partial charge is 0.122 e. The molecule has 1 aliphatic heterocycles. The number of hydrogen-bond acceptors (Lipinski definition) is 3. The zero-order valence-corrected chi connectivity index (χ0v) is 12.2. The molecule has 1 aromatic rings. The Bertz CT molecular complexity index is 423. The quantitative estimate of drug-likeness (QED) is 0.908. The van der Waals surface area contributed by atoms with Crippen LogP contribution in [0.3, 0.4) is 0 Å². The molecule has 2 rings (SSSR count). The van der Waals surface area contributed by atoms with Gasteiger partial charge in [-0.2, -0.15) is 0 Å². The molecule has 0 unspecified atom stereocenters. The van der Waals surface area contributed by atoms with E-state index in [1.165, 1.54) is 11.1 Å². The Kier molecular flexibility index (Phi) is 4.48. The molecule has 0 aliphatic carbocycles. The first-order valence-electron chi connectivity index (χ1n) is 7.07. The molecule has 0 spiro atoms. The minimum absolute atomic E-state index is 0.152. The first kappa shape index (κ1) is 14.4. The van der Waals surface area contributed by atoms with E-state index in [1.807, 2.05) is 0 Å². The van der Waals surface area contributed by atoms with Crippen LogP contribution in [0, 0.1) is 0 Å². The van der Waals surface area contributed by atoms with Gasteiger partial charge in [-0.15, -0.1) is 0 Å². The highest BCUT2D eigenvalue weighted by atomic mass is 16.5. The van der Waals surface area contributed by atoms with Crippen molar-refractivity contribution in [1.29, 1.82) is 0 Å². The van der Waals surface area contributed by atoms with Gasteiger partial charge in [0.15, 0.2) is 0 Å². The monoisotopic (exact) mass is 263 g/mol. The first-order valence-corrected chi connectivity index (χ1v) is 7.07. The van der Waals surface area contributed by atoms with Gasteiger partial charge < -0.3 is 15.2 Å². The molecule has 0 atom stereocenters. The van der Waals surface area contributed by atoms with E-state index in [2.05, 4.69) is 32.0 Å². The third-order valence-corrected chi connectivity index (χ3v) is 4.00. The molecule has 1 saturated heterocycles. The van der Waals surface area contributed by atoms with Gasteiger partial charge in [-0.25, -0.2) is 0 Å². The molecule has 1 fully saturated rings. The Morgan fingerprint density at radius 2 is 2.00 bits per heavy atom. The number of rotatable bonds is 4. The number of nitrogens with two attached hydrogens (primary N) is 1. The van der Waals surface area contributed by atoms with Crippen molar-refractivity contribution in [3.63, 3.8) is 0 Å². The van der Waals surface area contributed by atoms with Crippen molar-refractivity contribution in [2.45, 2.75) is 44.6 Å². The normalized spacial score (nSPS) is 18.6. The van der Waals surface area contributed by atoms with E-state index in [4.69, 9.17) is 15.2 Å². The van der Waals surface area contributed by atoms with Crippen LogP contribution in [-0.4, -0.2) is 25.9 Å². The molecule has 0 aromatic heterocycles. The van der Waals surface area contributed by atoms with Gasteiger partial charge in [0.1, 0.15) is 5.75 Å². The van der Waals surface area contributed by atoms with Crippen molar-refractivity contribution in [3.8, 4) is 5.75 Å². The lowest BCUT2D eigenvalue weighted by atomic mass is 9.83. The predicted octanol–water partition coefficient (Wildman–Crippen LogP) is 2.87. The summed E-state index contributed by atoms with van der Waals surface area (Å²) in [4.78, 5) is 0. The zero-order valence-electron chi connectivity index (χ0n) is 12.2. The Labute approximate surface area is 116 Å². The van der Waals surface area contributed by atoms with E-state index in [9.17, 15) is 0 Å². The highest BCUT2D eigenvalue weighted by Gasteiger charge is 2.29. The molecular weight excluding hydrogens is 238 g/mol. The van der Waals surface area contributed by atoms with Crippen LogP contribution in [0.4, 0.5) is 0 Å². The minimum atomic E-state index is -0.152. The highest BCUT2D eigenvalue weighted by Crippen LogP contribution is 2.30. The van der Waals surface area contributed by atoms with Gasteiger partial charge in [-0.05, 0) is 42.4 Å². The summed E-state index contributed by atoms with van der Waals surface area (Å²) in [6.45, 7) is 5.95. The highest BCUT2D eigenvalue weighted by molar-refractivity contribution is 5.39. The summed E-state index contributed by atoms with van der Waals surface area (Å²) < 4.78 is 10.9. The number of methoxy groups -OCH3 is 1. The van der Waals surface area contributed by atoms with E-state index in [-0.39, 0.29) is 5.54 Å². The van der Waals surface area contributed by atoms with E-state index in [0.29, 0.717) is 5.92 Å². The molecule has 0 bridgehead atoms. The molecule has 0 saturated carbocycles. The van der Waals surface area contributed by atoms with Crippen molar-refractivity contribution >= 4 is 0 Å². The lowest BCUT2D eigenvalue weighted by Crippen LogP contribution is -2.47. The number of benzene rings is 1.